The van der Waals surface area contributed by atoms with Crippen LogP contribution in [-0.2, 0) is 14.3 Å². The average Bonchev–Trinajstić information content (AvgIpc) is 2.98. The summed E-state index contributed by atoms with van der Waals surface area (Å²) in [5.41, 5.74) is 1.06. The third-order valence-corrected chi connectivity index (χ3v) is 4.63. The van der Waals surface area contributed by atoms with Crippen LogP contribution in [0.5, 0.6) is 0 Å². The van der Waals surface area contributed by atoms with Crippen LogP contribution in [0.1, 0.15) is 44.4 Å². The molecule has 0 saturated carbocycles. The van der Waals surface area contributed by atoms with Crippen LogP contribution in [0.25, 0.3) is 0 Å². The van der Waals surface area contributed by atoms with Crippen molar-refractivity contribution in [1.29, 1.82) is 0 Å². The van der Waals surface area contributed by atoms with Gasteiger partial charge in [0, 0.05) is 25.9 Å². The summed E-state index contributed by atoms with van der Waals surface area (Å²) in [5, 5.41) is 2.65. The Balaban J connectivity index is 1.66. The van der Waals surface area contributed by atoms with Crippen LogP contribution in [0.3, 0.4) is 0 Å². The first-order valence-electron chi connectivity index (χ1n) is 9.48. The molecule has 8 nitrogen and oxygen atoms in total. The molecule has 2 aromatic carbocycles. The van der Waals surface area contributed by atoms with Gasteiger partial charge in [-0.1, -0.05) is 18.2 Å². The zero-order valence-corrected chi connectivity index (χ0v) is 16.7. The van der Waals surface area contributed by atoms with Crippen LogP contribution >= 0.6 is 0 Å². The molecule has 0 saturated heterocycles. The molecule has 156 valence electrons. The summed E-state index contributed by atoms with van der Waals surface area (Å²) in [5.74, 6) is -2.10. The van der Waals surface area contributed by atoms with Crippen molar-refractivity contribution in [2.45, 2.75) is 19.4 Å². The van der Waals surface area contributed by atoms with E-state index in [0.717, 1.165) is 4.90 Å². The van der Waals surface area contributed by atoms with E-state index in [1.54, 1.807) is 31.4 Å². The van der Waals surface area contributed by atoms with Crippen molar-refractivity contribution in [3.05, 3.63) is 65.2 Å². The molecule has 1 aliphatic rings. The predicted octanol–water partition coefficient (Wildman–Crippen LogP) is 2.50. The SMILES string of the molecule is COCCCN1C(=O)c2ccc(C(=O)O[C@H](C)C(=O)Nc3ccccc3)cc2C1=O. The summed E-state index contributed by atoms with van der Waals surface area (Å²) in [7, 11) is 1.54. The number of ether oxygens (including phenoxy) is 2. The molecule has 0 spiro atoms. The molecule has 1 aliphatic heterocycles. The van der Waals surface area contributed by atoms with E-state index < -0.39 is 29.8 Å². The van der Waals surface area contributed by atoms with Gasteiger partial charge < -0.3 is 14.8 Å². The number of anilines is 1. The fourth-order valence-corrected chi connectivity index (χ4v) is 3.04. The summed E-state index contributed by atoms with van der Waals surface area (Å²) in [6.07, 6.45) is -0.529. The molecule has 2 aromatic rings. The number of hydrogen-bond donors (Lipinski definition) is 1. The zero-order valence-electron chi connectivity index (χ0n) is 16.7. The Morgan fingerprint density at radius 1 is 1.03 bits per heavy atom. The highest BCUT2D eigenvalue weighted by Crippen LogP contribution is 2.24. The highest BCUT2D eigenvalue weighted by molar-refractivity contribution is 6.22. The van der Waals surface area contributed by atoms with E-state index in [1.165, 1.54) is 25.1 Å². The van der Waals surface area contributed by atoms with Crippen molar-refractivity contribution in [2.24, 2.45) is 0 Å². The normalized spacial score (nSPS) is 13.7. The van der Waals surface area contributed by atoms with Crippen LogP contribution in [0, 0.1) is 0 Å². The fourth-order valence-electron chi connectivity index (χ4n) is 3.04. The molecule has 1 heterocycles. The molecule has 0 radical (unpaired) electrons. The second-order valence-corrected chi connectivity index (χ2v) is 6.77. The Kier molecular flexibility index (Phi) is 6.58. The number of nitrogens with zero attached hydrogens (tertiary/aromatic N) is 1. The van der Waals surface area contributed by atoms with Crippen LogP contribution in [0.15, 0.2) is 48.5 Å². The molecule has 3 amide bonds. The number of nitrogens with one attached hydrogen (secondary N) is 1. The molecular formula is C22H22N2O6. The van der Waals surface area contributed by atoms with E-state index in [2.05, 4.69) is 5.32 Å². The van der Waals surface area contributed by atoms with E-state index in [4.69, 9.17) is 9.47 Å². The smallest absolute Gasteiger partial charge is 0.338 e. The van der Waals surface area contributed by atoms with Gasteiger partial charge in [0.1, 0.15) is 0 Å². The van der Waals surface area contributed by atoms with Gasteiger partial charge in [0.05, 0.1) is 16.7 Å². The zero-order chi connectivity index (χ0) is 21.7. The van der Waals surface area contributed by atoms with Crippen molar-refractivity contribution in [3.63, 3.8) is 0 Å². The minimum absolute atomic E-state index is 0.0907. The lowest BCUT2D eigenvalue weighted by molar-refractivity contribution is -0.123. The maximum absolute atomic E-state index is 12.6. The quantitative estimate of drug-likeness (QED) is 0.408. The van der Waals surface area contributed by atoms with Crippen molar-refractivity contribution in [3.8, 4) is 0 Å². The standard InChI is InChI=1S/C22H22N2O6/c1-14(19(25)23-16-7-4-3-5-8-16)30-22(28)15-9-10-17-18(13-15)21(27)24(20(17)26)11-6-12-29-2/h3-5,7-10,13-14H,6,11-12H2,1-2H3,(H,23,25)/t14-/m1/s1. The minimum atomic E-state index is -1.05. The van der Waals surface area contributed by atoms with Gasteiger partial charge in [0.15, 0.2) is 6.10 Å². The van der Waals surface area contributed by atoms with Crippen LogP contribution in [0.4, 0.5) is 5.69 Å². The Hall–Kier alpha value is -3.52. The topological polar surface area (TPSA) is 102 Å². The first-order valence-corrected chi connectivity index (χ1v) is 9.48. The summed E-state index contributed by atoms with van der Waals surface area (Å²) >= 11 is 0. The predicted molar refractivity (Wildman–Crippen MR) is 108 cm³/mol. The van der Waals surface area contributed by atoms with Crippen molar-refractivity contribution in [2.75, 3.05) is 25.6 Å². The number of para-hydroxylation sites is 1. The van der Waals surface area contributed by atoms with E-state index in [0.29, 0.717) is 18.7 Å². The van der Waals surface area contributed by atoms with Gasteiger partial charge in [0.2, 0.25) is 0 Å². The Morgan fingerprint density at radius 2 is 1.73 bits per heavy atom. The monoisotopic (exact) mass is 410 g/mol. The third-order valence-electron chi connectivity index (χ3n) is 4.63. The first-order chi connectivity index (χ1) is 14.4. The number of fused-ring (bicyclic) bond motifs is 1. The lowest BCUT2D eigenvalue weighted by atomic mass is 10.1. The van der Waals surface area contributed by atoms with Gasteiger partial charge in [-0.2, -0.15) is 0 Å². The third kappa shape index (κ3) is 4.55. The van der Waals surface area contributed by atoms with Gasteiger partial charge in [-0.05, 0) is 43.7 Å². The number of esters is 1. The van der Waals surface area contributed by atoms with Crippen molar-refractivity contribution >= 4 is 29.4 Å². The number of carbonyl (C=O) groups excluding carboxylic acids is 4. The van der Waals surface area contributed by atoms with Gasteiger partial charge in [-0.15, -0.1) is 0 Å². The average molecular weight is 410 g/mol. The second kappa shape index (κ2) is 9.32. The highest BCUT2D eigenvalue weighted by atomic mass is 16.5. The number of imide groups is 1. The molecule has 1 N–H and O–H groups in total. The largest absolute Gasteiger partial charge is 0.449 e. The van der Waals surface area contributed by atoms with Crippen molar-refractivity contribution in [1.82, 2.24) is 4.90 Å². The first kappa shape index (κ1) is 21.2. The summed E-state index contributed by atoms with van der Waals surface area (Å²) in [6.45, 7) is 2.11. The van der Waals surface area contributed by atoms with Gasteiger partial charge in [-0.25, -0.2) is 4.79 Å². The number of benzene rings is 2. The lowest BCUT2D eigenvalue weighted by Crippen LogP contribution is -2.31. The van der Waals surface area contributed by atoms with Crippen LogP contribution < -0.4 is 5.32 Å². The fraction of sp³-hybridized carbons (Fsp3) is 0.273. The Labute approximate surface area is 173 Å². The number of hydrogen-bond acceptors (Lipinski definition) is 6. The second-order valence-electron chi connectivity index (χ2n) is 6.77. The molecule has 30 heavy (non-hydrogen) atoms. The molecular weight excluding hydrogens is 388 g/mol. The molecule has 0 aliphatic carbocycles. The van der Waals surface area contributed by atoms with Crippen LogP contribution in [0.2, 0.25) is 0 Å². The Morgan fingerprint density at radius 3 is 2.43 bits per heavy atom. The summed E-state index contributed by atoms with van der Waals surface area (Å²) in [4.78, 5) is 50.8. The number of methoxy groups -OCH3 is 1. The molecule has 0 fully saturated rings. The van der Waals surface area contributed by atoms with Gasteiger partial charge in [-0.3, -0.25) is 19.3 Å². The molecule has 3 rings (SSSR count). The molecule has 1 atom stereocenters. The van der Waals surface area contributed by atoms with Crippen LogP contribution in [-0.4, -0.2) is 55.0 Å². The lowest BCUT2D eigenvalue weighted by Gasteiger charge is -2.14. The highest BCUT2D eigenvalue weighted by Gasteiger charge is 2.35. The molecule has 8 heteroatoms. The van der Waals surface area contributed by atoms with E-state index in [9.17, 15) is 19.2 Å². The Bertz CT molecular complexity index is 973. The number of carbonyl (C=O) groups is 4. The maximum atomic E-state index is 12.6. The van der Waals surface area contributed by atoms with Crippen molar-refractivity contribution < 1.29 is 28.7 Å². The number of rotatable bonds is 8. The minimum Gasteiger partial charge on any atom is -0.449 e. The van der Waals surface area contributed by atoms with E-state index in [1.807, 2.05) is 6.07 Å². The van der Waals surface area contributed by atoms with E-state index in [-0.39, 0.29) is 23.2 Å². The maximum Gasteiger partial charge on any atom is 0.338 e. The molecule has 0 unspecified atom stereocenters. The van der Waals surface area contributed by atoms with Gasteiger partial charge >= 0.3 is 5.97 Å². The summed E-state index contributed by atoms with van der Waals surface area (Å²) < 4.78 is 10.2. The van der Waals surface area contributed by atoms with Gasteiger partial charge in [0.25, 0.3) is 17.7 Å². The molecule has 0 aromatic heterocycles. The number of amides is 3. The summed E-state index contributed by atoms with van der Waals surface area (Å²) in [6, 6.07) is 13.0. The van der Waals surface area contributed by atoms with E-state index >= 15 is 0 Å². The molecule has 0 bridgehead atoms.